The zero-order valence-corrected chi connectivity index (χ0v) is 12.4. The Balaban J connectivity index is 2.18. The Morgan fingerprint density at radius 2 is 1.84 bits per heavy atom. The lowest BCUT2D eigenvalue weighted by Crippen LogP contribution is -2.12. The van der Waals surface area contributed by atoms with Crippen LogP contribution in [0.1, 0.15) is 31.9 Å². The molecule has 1 rings (SSSR count). The van der Waals surface area contributed by atoms with Crippen LogP contribution in [0.25, 0.3) is 0 Å². The fraction of sp³-hybridized carbons (Fsp3) is 0.625. The first-order chi connectivity index (χ1) is 9.22. The van der Waals surface area contributed by atoms with Crippen molar-refractivity contribution in [3.8, 4) is 0 Å². The topological polar surface area (TPSA) is 30.5 Å². The van der Waals surface area contributed by atoms with Crippen molar-refractivity contribution in [1.82, 2.24) is 5.32 Å². The maximum absolute atomic E-state index is 5.62. The van der Waals surface area contributed by atoms with Crippen molar-refractivity contribution in [2.75, 3.05) is 26.4 Å². The van der Waals surface area contributed by atoms with Crippen molar-refractivity contribution in [1.29, 1.82) is 0 Å². The zero-order chi connectivity index (χ0) is 13.9. The second-order valence-corrected chi connectivity index (χ2v) is 5.12. The maximum Gasteiger partial charge on any atom is 0.0718 e. The fourth-order valence-corrected chi connectivity index (χ4v) is 1.73. The predicted molar refractivity (Wildman–Crippen MR) is 79.1 cm³/mol. The molecule has 0 amide bonds. The maximum atomic E-state index is 5.62. The third-order valence-corrected chi connectivity index (χ3v) is 2.66. The fourth-order valence-electron chi connectivity index (χ4n) is 1.73. The number of nitrogens with one attached hydrogen (secondary N) is 1. The first-order valence-corrected chi connectivity index (χ1v) is 7.16. The van der Waals surface area contributed by atoms with Gasteiger partial charge in [0.25, 0.3) is 0 Å². The number of rotatable bonds is 10. The lowest BCUT2D eigenvalue weighted by atomic mass is 10.1. The number of ether oxygens (including phenoxy) is 2. The molecule has 1 aromatic rings. The van der Waals surface area contributed by atoms with Gasteiger partial charge in [-0.05, 0) is 23.6 Å². The summed E-state index contributed by atoms with van der Waals surface area (Å²) in [5.41, 5.74) is 2.53. The van der Waals surface area contributed by atoms with Crippen LogP contribution in [0, 0.1) is 5.92 Å². The Labute approximate surface area is 117 Å². The summed E-state index contributed by atoms with van der Waals surface area (Å²) in [4.78, 5) is 0. The lowest BCUT2D eigenvalue weighted by Gasteiger charge is -2.09. The largest absolute Gasteiger partial charge is 0.379 e. The molecule has 0 aromatic heterocycles. The minimum absolute atomic E-state index is 0.586. The van der Waals surface area contributed by atoms with Gasteiger partial charge in [0.1, 0.15) is 0 Å². The highest BCUT2D eigenvalue weighted by molar-refractivity contribution is 5.22. The molecule has 0 fully saturated rings. The third kappa shape index (κ3) is 7.98. The molecule has 0 saturated carbocycles. The van der Waals surface area contributed by atoms with Gasteiger partial charge >= 0.3 is 0 Å². The zero-order valence-electron chi connectivity index (χ0n) is 12.4. The summed E-state index contributed by atoms with van der Waals surface area (Å²) in [6.45, 7) is 11.1. The van der Waals surface area contributed by atoms with Gasteiger partial charge in [0, 0.05) is 13.2 Å². The first-order valence-electron chi connectivity index (χ1n) is 7.16. The lowest BCUT2D eigenvalue weighted by molar-refractivity contribution is 0.0314. The first kappa shape index (κ1) is 16.2. The Kier molecular flexibility index (Phi) is 8.47. The van der Waals surface area contributed by atoms with Crippen LogP contribution in [-0.2, 0) is 22.6 Å². The van der Waals surface area contributed by atoms with Crippen LogP contribution in [0.2, 0.25) is 0 Å². The van der Waals surface area contributed by atoms with Crippen molar-refractivity contribution in [3.05, 3.63) is 35.4 Å². The summed E-state index contributed by atoms with van der Waals surface area (Å²) in [5.74, 6) is 0.586. The van der Waals surface area contributed by atoms with E-state index in [4.69, 9.17) is 9.47 Å². The van der Waals surface area contributed by atoms with E-state index in [1.165, 1.54) is 11.1 Å². The van der Waals surface area contributed by atoms with Crippen LogP contribution in [0.15, 0.2) is 24.3 Å². The number of benzene rings is 1. The molecule has 0 heterocycles. The molecule has 1 N–H and O–H groups in total. The highest BCUT2D eigenvalue weighted by Crippen LogP contribution is 2.06. The molecule has 0 aliphatic rings. The van der Waals surface area contributed by atoms with E-state index in [2.05, 4.69) is 50.4 Å². The molecule has 1 aromatic carbocycles. The van der Waals surface area contributed by atoms with Crippen LogP contribution in [0.4, 0.5) is 0 Å². The minimum atomic E-state index is 0.586. The van der Waals surface area contributed by atoms with Crippen molar-refractivity contribution >= 4 is 0 Å². The van der Waals surface area contributed by atoms with E-state index in [1.807, 2.05) is 0 Å². The highest BCUT2D eigenvalue weighted by atomic mass is 16.5. The SMILES string of the molecule is CCNCc1cccc(COCCOCC(C)C)c1. The van der Waals surface area contributed by atoms with Gasteiger partial charge in [-0.1, -0.05) is 45.0 Å². The van der Waals surface area contributed by atoms with E-state index in [-0.39, 0.29) is 0 Å². The average molecular weight is 265 g/mol. The Hall–Kier alpha value is -0.900. The summed E-state index contributed by atoms with van der Waals surface area (Å²) < 4.78 is 11.1. The summed E-state index contributed by atoms with van der Waals surface area (Å²) in [6, 6.07) is 8.51. The minimum Gasteiger partial charge on any atom is -0.379 e. The van der Waals surface area contributed by atoms with E-state index in [0.29, 0.717) is 25.7 Å². The normalized spacial score (nSPS) is 11.2. The van der Waals surface area contributed by atoms with Gasteiger partial charge in [-0.3, -0.25) is 0 Å². The van der Waals surface area contributed by atoms with Crippen LogP contribution in [-0.4, -0.2) is 26.4 Å². The molecule has 3 heteroatoms. The molecular formula is C16H27NO2. The molecule has 0 unspecified atom stereocenters. The second kappa shape index (κ2) is 9.96. The molecule has 3 nitrogen and oxygen atoms in total. The summed E-state index contributed by atoms with van der Waals surface area (Å²) >= 11 is 0. The van der Waals surface area contributed by atoms with E-state index in [9.17, 15) is 0 Å². The van der Waals surface area contributed by atoms with E-state index in [0.717, 1.165) is 19.7 Å². The average Bonchev–Trinajstić information content (AvgIpc) is 2.40. The van der Waals surface area contributed by atoms with Crippen molar-refractivity contribution < 1.29 is 9.47 Å². The molecule has 0 bridgehead atoms. The number of hydrogen-bond acceptors (Lipinski definition) is 3. The summed E-state index contributed by atoms with van der Waals surface area (Å²) in [6.07, 6.45) is 0. The van der Waals surface area contributed by atoms with Gasteiger partial charge < -0.3 is 14.8 Å². The summed E-state index contributed by atoms with van der Waals surface area (Å²) in [7, 11) is 0. The molecule has 0 radical (unpaired) electrons. The standard InChI is InChI=1S/C16H27NO2/c1-4-17-11-15-6-5-7-16(10-15)13-19-9-8-18-12-14(2)3/h5-7,10,14,17H,4,8-9,11-13H2,1-3H3. The highest BCUT2D eigenvalue weighted by Gasteiger charge is 1.97. The molecular weight excluding hydrogens is 238 g/mol. The Morgan fingerprint density at radius 3 is 2.58 bits per heavy atom. The predicted octanol–water partition coefficient (Wildman–Crippen LogP) is 2.99. The van der Waals surface area contributed by atoms with Crippen LogP contribution in [0.3, 0.4) is 0 Å². The number of hydrogen-bond donors (Lipinski definition) is 1. The Bertz CT molecular complexity index is 339. The van der Waals surface area contributed by atoms with Crippen molar-refractivity contribution in [3.63, 3.8) is 0 Å². The smallest absolute Gasteiger partial charge is 0.0718 e. The van der Waals surface area contributed by atoms with Gasteiger partial charge in [-0.2, -0.15) is 0 Å². The van der Waals surface area contributed by atoms with E-state index >= 15 is 0 Å². The molecule has 0 aliphatic carbocycles. The van der Waals surface area contributed by atoms with Gasteiger partial charge in [0.05, 0.1) is 19.8 Å². The Morgan fingerprint density at radius 1 is 1.11 bits per heavy atom. The van der Waals surface area contributed by atoms with E-state index < -0.39 is 0 Å². The van der Waals surface area contributed by atoms with Crippen LogP contribution < -0.4 is 5.32 Å². The molecule has 0 spiro atoms. The van der Waals surface area contributed by atoms with Crippen molar-refractivity contribution in [2.24, 2.45) is 5.92 Å². The molecule has 0 aliphatic heterocycles. The third-order valence-electron chi connectivity index (χ3n) is 2.66. The van der Waals surface area contributed by atoms with Crippen molar-refractivity contribution in [2.45, 2.75) is 33.9 Å². The van der Waals surface area contributed by atoms with Crippen LogP contribution in [0.5, 0.6) is 0 Å². The quantitative estimate of drug-likeness (QED) is 0.660. The van der Waals surface area contributed by atoms with E-state index in [1.54, 1.807) is 0 Å². The molecule has 19 heavy (non-hydrogen) atoms. The van der Waals surface area contributed by atoms with Gasteiger partial charge in [0.2, 0.25) is 0 Å². The van der Waals surface area contributed by atoms with Gasteiger partial charge in [0.15, 0.2) is 0 Å². The van der Waals surface area contributed by atoms with Crippen LogP contribution >= 0.6 is 0 Å². The van der Waals surface area contributed by atoms with Gasteiger partial charge in [-0.15, -0.1) is 0 Å². The molecule has 0 saturated heterocycles. The van der Waals surface area contributed by atoms with Gasteiger partial charge in [-0.25, -0.2) is 0 Å². The molecule has 0 atom stereocenters. The monoisotopic (exact) mass is 265 g/mol. The molecule has 108 valence electrons. The second-order valence-electron chi connectivity index (χ2n) is 5.12. The summed E-state index contributed by atoms with van der Waals surface area (Å²) in [5, 5.41) is 3.33.